The predicted octanol–water partition coefficient (Wildman–Crippen LogP) is 4.88. The molecular weight excluding hydrogens is 322 g/mol. The van der Waals surface area contributed by atoms with Crippen molar-refractivity contribution < 1.29 is 9.21 Å². The van der Waals surface area contributed by atoms with Crippen LogP contribution < -0.4 is 5.32 Å². The molecule has 0 aliphatic heterocycles. The van der Waals surface area contributed by atoms with Crippen molar-refractivity contribution in [3.8, 4) is 0 Å². The third-order valence-corrected chi connectivity index (χ3v) is 4.21. The molecule has 0 unspecified atom stereocenters. The lowest BCUT2D eigenvalue weighted by Gasteiger charge is -2.09. The van der Waals surface area contributed by atoms with Gasteiger partial charge >= 0.3 is 0 Å². The lowest BCUT2D eigenvalue weighted by molar-refractivity contribution is -0.115. The maximum Gasteiger partial charge on any atom is 0.252 e. The summed E-state index contributed by atoms with van der Waals surface area (Å²) < 4.78 is 5.37. The second kappa shape index (κ2) is 8.86. The molecule has 0 radical (unpaired) electrons. The van der Waals surface area contributed by atoms with Gasteiger partial charge in [-0.1, -0.05) is 60.2 Å². The molecule has 0 fully saturated rings. The van der Waals surface area contributed by atoms with Gasteiger partial charge in [0, 0.05) is 6.54 Å². The summed E-state index contributed by atoms with van der Waals surface area (Å²) in [5, 5.41) is 3.03. The van der Waals surface area contributed by atoms with Crippen molar-refractivity contribution >= 4 is 17.6 Å². The number of amides is 1. The van der Waals surface area contributed by atoms with Crippen LogP contribution in [0, 0.1) is 6.92 Å². The number of furan rings is 1. The molecule has 3 heteroatoms. The smallest absolute Gasteiger partial charge is 0.252 e. The molecular formula is C23H23NO2. The summed E-state index contributed by atoms with van der Waals surface area (Å²) in [5.74, 6) is 0.579. The van der Waals surface area contributed by atoms with Crippen LogP contribution in [0.2, 0.25) is 0 Å². The van der Waals surface area contributed by atoms with Gasteiger partial charge in [0.05, 0.1) is 11.8 Å². The van der Waals surface area contributed by atoms with Gasteiger partial charge in [0.1, 0.15) is 5.76 Å². The minimum absolute atomic E-state index is 0.0866. The Morgan fingerprint density at radius 1 is 1.00 bits per heavy atom. The van der Waals surface area contributed by atoms with Crippen LogP contribution in [0.3, 0.4) is 0 Å². The molecule has 3 aromatic rings. The zero-order valence-electron chi connectivity index (χ0n) is 14.9. The maximum absolute atomic E-state index is 12.7. The molecule has 0 saturated heterocycles. The van der Waals surface area contributed by atoms with Crippen molar-refractivity contribution in [3.63, 3.8) is 0 Å². The van der Waals surface area contributed by atoms with Gasteiger partial charge in [0.25, 0.3) is 5.91 Å². The van der Waals surface area contributed by atoms with Gasteiger partial charge in [-0.3, -0.25) is 4.79 Å². The Balaban J connectivity index is 1.62. The molecule has 0 aliphatic rings. The normalized spacial score (nSPS) is 11.3. The summed E-state index contributed by atoms with van der Waals surface area (Å²) in [6.45, 7) is 2.72. The quantitative estimate of drug-likeness (QED) is 0.490. The topological polar surface area (TPSA) is 42.2 Å². The van der Waals surface area contributed by atoms with E-state index in [-0.39, 0.29) is 5.91 Å². The van der Waals surface area contributed by atoms with Crippen LogP contribution in [0.1, 0.15) is 28.9 Å². The lowest BCUT2D eigenvalue weighted by atomic mass is 10.0. The summed E-state index contributed by atoms with van der Waals surface area (Å²) in [6.07, 6.45) is 5.24. The molecule has 2 aromatic carbocycles. The van der Waals surface area contributed by atoms with Crippen molar-refractivity contribution in [2.24, 2.45) is 0 Å². The second-order valence-electron chi connectivity index (χ2n) is 6.28. The first-order chi connectivity index (χ1) is 12.7. The van der Waals surface area contributed by atoms with Crippen molar-refractivity contribution in [1.29, 1.82) is 0 Å². The van der Waals surface area contributed by atoms with Crippen LogP contribution in [0.5, 0.6) is 0 Å². The Hall–Kier alpha value is -3.07. The van der Waals surface area contributed by atoms with E-state index in [9.17, 15) is 4.79 Å². The minimum Gasteiger partial charge on any atom is -0.465 e. The van der Waals surface area contributed by atoms with E-state index in [1.165, 1.54) is 11.1 Å². The summed E-state index contributed by atoms with van der Waals surface area (Å²) in [4.78, 5) is 12.7. The number of hydrogen-bond acceptors (Lipinski definition) is 2. The summed E-state index contributed by atoms with van der Waals surface area (Å²) in [6, 6.07) is 21.8. The maximum atomic E-state index is 12.7. The highest BCUT2D eigenvalue weighted by atomic mass is 16.3. The van der Waals surface area contributed by atoms with Crippen molar-refractivity contribution in [2.45, 2.75) is 19.8 Å². The molecule has 1 aromatic heterocycles. The van der Waals surface area contributed by atoms with E-state index in [0.29, 0.717) is 17.9 Å². The largest absolute Gasteiger partial charge is 0.465 e. The fraction of sp³-hybridized carbons (Fsp3) is 0.174. The summed E-state index contributed by atoms with van der Waals surface area (Å²) in [5.41, 5.74) is 4.03. The highest BCUT2D eigenvalue weighted by molar-refractivity contribution is 6.24. The molecule has 0 bridgehead atoms. The SMILES string of the molecule is Cc1ccc(CCCNC(=O)/C(=C/c2ccco2)c2ccccc2)cc1. The van der Waals surface area contributed by atoms with Gasteiger partial charge in [-0.25, -0.2) is 0 Å². The lowest BCUT2D eigenvalue weighted by Crippen LogP contribution is -2.25. The number of aryl methyl sites for hydroxylation is 2. The standard InChI is InChI=1S/C23H23NO2/c1-18-11-13-19(14-12-18)7-5-15-24-23(25)22(17-21-10-6-16-26-21)20-8-3-2-4-9-20/h2-4,6,8-14,16-17H,5,7,15H2,1H3,(H,24,25)/b22-17+. The molecule has 3 rings (SSSR count). The monoisotopic (exact) mass is 345 g/mol. The molecule has 0 spiro atoms. The Kier molecular flexibility index (Phi) is 6.05. The molecule has 3 nitrogen and oxygen atoms in total. The van der Waals surface area contributed by atoms with E-state index in [1.54, 1.807) is 12.3 Å². The molecule has 1 heterocycles. The molecule has 1 amide bonds. The number of rotatable bonds is 7. The van der Waals surface area contributed by atoms with Crippen LogP contribution in [-0.4, -0.2) is 12.5 Å². The van der Waals surface area contributed by atoms with E-state index < -0.39 is 0 Å². The molecule has 0 atom stereocenters. The summed E-state index contributed by atoms with van der Waals surface area (Å²) in [7, 11) is 0. The average Bonchev–Trinajstić information content (AvgIpc) is 3.18. The first-order valence-corrected chi connectivity index (χ1v) is 8.87. The number of hydrogen-bond donors (Lipinski definition) is 1. The van der Waals surface area contributed by atoms with Crippen LogP contribution in [0.25, 0.3) is 11.6 Å². The number of carbonyl (C=O) groups excluding carboxylic acids is 1. The number of nitrogens with one attached hydrogen (secondary N) is 1. The predicted molar refractivity (Wildman–Crippen MR) is 106 cm³/mol. The number of carbonyl (C=O) groups is 1. The van der Waals surface area contributed by atoms with Gasteiger partial charge in [-0.05, 0) is 49.1 Å². The fourth-order valence-corrected chi connectivity index (χ4v) is 2.76. The Bertz CT molecular complexity index is 847. The zero-order chi connectivity index (χ0) is 18.2. The van der Waals surface area contributed by atoms with Gasteiger partial charge in [0.15, 0.2) is 0 Å². The third kappa shape index (κ3) is 4.96. The molecule has 1 N–H and O–H groups in total. The van der Waals surface area contributed by atoms with Gasteiger partial charge < -0.3 is 9.73 Å². The average molecular weight is 345 g/mol. The summed E-state index contributed by atoms with van der Waals surface area (Å²) >= 11 is 0. The molecule has 132 valence electrons. The highest BCUT2D eigenvalue weighted by Crippen LogP contribution is 2.19. The van der Waals surface area contributed by atoms with E-state index in [1.807, 2.05) is 42.5 Å². The van der Waals surface area contributed by atoms with Gasteiger partial charge in [-0.15, -0.1) is 0 Å². The molecule has 0 aliphatic carbocycles. The van der Waals surface area contributed by atoms with E-state index in [4.69, 9.17) is 4.42 Å². The Morgan fingerprint density at radius 2 is 1.77 bits per heavy atom. The van der Waals surface area contributed by atoms with Crippen LogP contribution in [0.4, 0.5) is 0 Å². The van der Waals surface area contributed by atoms with E-state index >= 15 is 0 Å². The fourth-order valence-electron chi connectivity index (χ4n) is 2.76. The third-order valence-electron chi connectivity index (χ3n) is 4.21. The second-order valence-corrected chi connectivity index (χ2v) is 6.28. The van der Waals surface area contributed by atoms with Gasteiger partial charge in [0.2, 0.25) is 0 Å². The number of benzene rings is 2. The Labute approximate surface area is 154 Å². The zero-order valence-corrected chi connectivity index (χ0v) is 14.9. The van der Waals surface area contributed by atoms with Crippen LogP contribution in [0.15, 0.2) is 77.4 Å². The van der Waals surface area contributed by atoms with Crippen molar-refractivity contribution in [3.05, 3.63) is 95.4 Å². The van der Waals surface area contributed by atoms with Crippen molar-refractivity contribution in [1.82, 2.24) is 5.32 Å². The molecule has 26 heavy (non-hydrogen) atoms. The van der Waals surface area contributed by atoms with E-state index in [2.05, 4.69) is 36.5 Å². The van der Waals surface area contributed by atoms with Crippen LogP contribution >= 0.6 is 0 Å². The Morgan fingerprint density at radius 3 is 2.46 bits per heavy atom. The minimum atomic E-state index is -0.0866. The van der Waals surface area contributed by atoms with Crippen LogP contribution in [-0.2, 0) is 11.2 Å². The molecule has 0 saturated carbocycles. The van der Waals surface area contributed by atoms with Crippen molar-refractivity contribution in [2.75, 3.05) is 6.54 Å². The van der Waals surface area contributed by atoms with Gasteiger partial charge in [-0.2, -0.15) is 0 Å². The first kappa shape index (κ1) is 17.7. The highest BCUT2D eigenvalue weighted by Gasteiger charge is 2.12. The first-order valence-electron chi connectivity index (χ1n) is 8.87. The van der Waals surface area contributed by atoms with E-state index in [0.717, 1.165) is 18.4 Å².